The molecule has 3 rings (SSSR count). The van der Waals surface area contributed by atoms with Crippen LogP contribution in [0.2, 0.25) is 0 Å². The molecule has 0 spiro atoms. The molecule has 0 aliphatic rings. The number of phosphoric ester groups is 1. The summed E-state index contributed by atoms with van der Waals surface area (Å²) in [6, 6.07) is 22.9. The first-order valence-electron chi connectivity index (χ1n) is 10.3. The number of hydrogen-bond donors (Lipinski definition) is 3. The Bertz CT molecular complexity index is 1120. The highest BCUT2D eigenvalue weighted by atomic mass is 31.2. The van der Waals surface area contributed by atoms with Crippen LogP contribution in [-0.2, 0) is 38.5 Å². The van der Waals surface area contributed by atoms with Gasteiger partial charge in [-0.15, -0.1) is 0 Å². The van der Waals surface area contributed by atoms with Gasteiger partial charge in [-0.25, -0.2) is 14.2 Å². The van der Waals surface area contributed by atoms with E-state index < -0.39 is 25.9 Å². The maximum absolute atomic E-state index is 12.8. The van der Waals surface area contributed by atoms with Gasteiger partial charge in [0.1, 0.15) is 25.0 Å². The molecule has 0 aliphatic carbocycles. The summed E-state index contributed by atoms with van der Waals surface area (Å²) in [6.07, 6.45) is -0.725. The highest BCUT2D eigenvalue weighted by molar-refractivity contribution is 7.46. The van der Waals surface area contributed by atoms with E-state index in [1.54, 1.807) is 12.1 Å². The van der Waals surface area contributed by atoms with Crippen molar-refractivity contribution in [2.75, 3.05) is 0 Å². The molecule has 9 nitrogen and oxygen atoms in total. The summed E-state index contributed by atoms with van der Waals surface area (Å²) in [4.78, 5) is 42.9. The zero-order chi connectivity index (χ0) is 24.4. The van der Waals surface area contributed by atoms with Gasteiger partial charge in [0.25, 0.3) is 0 Å². The number of nitrogens with one attached hydrogen (secondary N) is 1. The number of ether oxygens (including phenoxy) is 2. The first kappa shape index (κ1) is 25.0. The number of esters is 1. The number of rotatable bonds is 10. The molecule has 3 aromatic rings. The van der Waals surface area contributed by atoms with Gasteiger partial charge >= 0.3 is 19.9 Å². The number of phosphoric acid groups is 1. The van der Waals surface area contributed by atoms with Crippen molar-refractivity contribution in [2.24, 2.45) is 0 Å². The molecule has 3 N–H and O–H groups in total. The molecule has 0 saturated carbocycles. The molecule has 0 aliphatic heterocycles. The van der Waals surface area contributed by atoms with E-state index in [2.05, 4.69) is 9.84 Å². The van der Waals surface area contributed by atoms with Crippen LogP contribution in [0.25, 0.3) is 0 Å². The molecule has 1 amide bonds. The van der Waals surface area contributed by atoms with Crippen LogP contribution in [0.5, 0.6) is 5.75 Å². The molecule has 0 saturated heterocycles. The minimum Gasteiger partial charge on any atom is -0.459 e. The summed E-state index contributed by atoms with van der Waals surface area (Å²) in [5, 5.41) is 2.53. The second-order valence-corrected chi connectivity index (χ2v) is 8.45. The van der Waals surface area contributed by atoms with Gasteiger partial charge in [-0.3, -0.25) is 9.79 Å². The van der Waals surface area contributed by atoms with Gasteiger partial charge in [-0.1, -0.05) is 72.8 Å². The molecule has 178 valence electrons. The molecule has 0 bridgehead atoms. The quantitative estimate of drug-likeness (QED) is 0.292. The lowest BCUT2D eigenvalue weighted by Crippen LogP contribution is -2.43. The molecule has 3 aromatic carbocycles. The smallest absolute Gasteiger partial charge is 0.459 e. The Kier molecular flexibility index (Phi) is 8.81. The maximum atomic E-state index is 12.8. The Hall–Kier alpha value is -3.65. The minimum atomic E-state index is -4.68. The summed E-state index contributed by atoms with van der Waals surface area (Å²) in [5.41, 5.74) is 2.18. The third kappa shape index (κ3) is 8.71. The Labute approximate surface area is 196 Å². The van der Waals surface area contributed by atoms with Gasteiger partial charge in [0.05, 0.1) is 0 Å². The van der Waals surface area contributed by atoms with Crippen molar-refractivity contribution >= 4 is 19.9 Å². The van der Waals surface area contributed by atoms with E-state index in [1.165, 1.54) is 24.3 Å². The highest BCUT2D eigenvalue weighted by Gasteiger charge is 2.24. The van der Waals surface area contributed by atoms with Crippen LogP contribution in [0.4, 0.5) is 4.79 Å². The van der Waals surface area contributed by atoms with E-state index in [1.807, 2.05) is 48.5 Å². The summed E-state index contributed by atoms with van der Waals surface area (Å²) in [6.45, 7) is 0.0683. The first-order valence-corrected chi connectivity index (χ1v) is 11.8. The fourth-order valence-corrected chi connectivity index (χ4v) is 3.39. The van der Waals surface area contributed by atoms with Crippen LogP contribution in [0.3, 0.4) is 0 Å². The van der Waals surface area contributed by atoms with Crippen molar-refractivity contribution in [1.82, 2.24) is 5.32 Å². The van der Waals surface area contributed by atoms with Crippen LogP contribution >= 0.6 is 7.82 Å². The zero-order valence-corrected chi connectivity index (χ0v) is 19.0. The molecule has 0 radical (unpaired) electrons. The number of amides is 1. The predicted octanol–water partition coefficient (Wildman–Crippen LogP) is 3.74. The van der Waals surface area contributed by atoms with E-state index in [0.29, 0.717) is 5.56 Å². The molecule has 0 heterocycles. The van der Waals surface area contributed by atoms with Crippen molar-refractivity contribution in [3.05, 3.63) is 102 Å². The van der Waals surface area contributed by atoms with Crippen molar-refractivity contribution in [3.63, 3.8) is 0 Å². The standard InChI is InChI=1S/C24H24NO8P/c26-23(31-16-19-7-3-1-4-8-19)22(25-24(27)32-17-20-9-5-2-6-10-20)15-18-11-13-21(14-12-18)33-34(28,29)30/h1-14,22H,15-17H2,(H,25,27)(H2,28,29,30)/t22-/m0/s1. The molecule has 10 heteroatoms. The van der Waals surface area contributed by atoms with Gasteiger partial charge in [0.2, 0.25) is 0 Å². The van der Waals surface area contributed by atoms with Crippen LogP contribution < -0.4 is 9.84 Å². The molecule has 0 unspecified atom stereocenters. The Morgan fingerprint density at radius 3 is 1.82 bits per heavy atom. The number of hydrogen-bond acceptors (Lipinski definition) is 6. The molecule has 1 atom stereocenters. The largest absolute Gasteiger partial charge is 0.524 e. The van der Waals surface area contributed by atoms with Gasteiger partial charge in [-0.2, -0.15) is 0 Å². The van der Waals surface area contributed by atoms with Crippen molar-refractivity contribution in [1.29, 1.82) is 0 Å². The fourth-order valence-electron chi connectivity index (χ4n) is 2.99. The lowest BCUT2D eigenvalue weighted by atomic mass is 10.1. The predicted molar refractivity (Wildman–Crippen MR) is 123 cm³/mol. The van der Waals surface area contributed by atoms with Crippen molar-refractivity contribution in [2.45, 2.75) is 25.7 Å². The fraction of sp³-hybridized carbons (Fsp3) is 0.167. The van der Waals surface area contributed by atoms with Gasteiger partial charge in [-0.05, 0) is 28.8 Å². The van der Waals surface area contributed by atoms with Gasteiger partial charge < -0.3 is 19.3 Å². The highest BCUT2D eigenvalue weighted by Crippen LogP contribution is 2.37. The van der Waals surface area contributed by atoms with Crippen molar-refractivity contribution in [3.8, 4) is 5.75 Å². The van der Waals surface area contributed by atoms with Crippen LogP contribution in [-0.4, -0.2) is 27.9 Å². The summed E-state index contributed by atoms with van der Waals surface area (Å²) in [7, 11) is -4.68. The summed E-state index contributed by atoms with van der Waals surface area (Å²) in [5.74, 6) is -0.688. The average Bonchev–Trinajstić information content (AvgIpc) is 2.82. The Morgan fingerprint density at radius 2 is 1.29 bits per heavy atom. The minimum absolute atomic E-state index is 0.0319. The third-order valence-electron chi connectivity index (χ3n) is 4.60. The first-order chi connectivity index (χ1) is 16.3. The van der Waals surface area contributed by atoms with Crippen LogP contribution in [0.1, 0.15) is 16.7 Å². The second kappa shape index (κ2) is 12.0. The molecular weight excluding hydrogens is 461 g/mol. The molecule has 34 heavy (non-hydrogen) atoms. The average molecular weight is 485 g/mol. The maximum Gasteiger partial charge on any atom is 0.524 e. The Morgan fingerprint density at radius 1 is 0.765 bits per heavy atom. The SMILES string of the molecule is O=C(N[C@@H](Cc1ccc(OP(=O)(O)O)cc1)C(=O)OCc1ccccc1)OCc1ccccc1. The lowest BCUT2D eigenvalue weighted by molar-refractivity contribution is -0.147. The zero-order valence-electron chi connectivity index (χ0n) is 18.1. The molecule has 0 aromatic heterocycles. The van der Waals surface area contributed by atoms with E-state index in [4.69, 9.17) is 19.3 Å². The Balaban J connectivity index is 1.65. The van der Waals surface area contributed by atoms with E-state index in [0.717, 1.165) is 11.1 Å². The number of carbonyl (C=O) groups is 2. The number of alkyl carbamates (subject to hydrolysis) is 1. The number of benzene rings is 3. The third-order valence-corrected chi connectivity index (χ3v) is 5.05. The molecule has 0 fully saturated rings. The number of carbonyl (C=O) groups excluding carboxylic acids is 2. The molecular formula is C24H24NO8P. The van der Waals surface area contributed by atoms with Gasteiger partial charge in [0.15, 0.2) is 0 Å². The van der Waals surface area contributed by atoms with Crippen LogP contribution in [0.15, 0.2) is 84.9 Å². The van der Waals surface area contributed by atoms with E-state index in [9.17, 15) is 14.2 Å². The van der Waals surface area contributed by atoms with E-state index in [-0.39, 0.29) is 25.4 Å². The lowest BCUT2D eigenvalue weighted by Gasteiger charge is -2.18. The monoisotopic (exact) mass is 485 g/mol. The van der Waals surface area contributed by atoms with Crippen LogP contribution in [0, 0.1) is 0 Å². The summed E-state index contributed by atoms with van der Waals surface area (Å²) >= 11 is 0. The topological polar surface area (TPSA) is 131 Å². The van der Waals surface area contributed by atoms with Crippen molar-refractivity contribution < 1.29 is 37.9 Å². The second-order valence-electron chi connectivity index (χ2n) is 7.28. The van der Waals surface area contributed by atoms with Gasteiger partial charge in [0, 0.05) is 6.42 Å². The summed E-state index contributed by atoms with van der Waals surface area (Å²) < 4.78 is 26.1. The normalized spacial score (nSPS) is 11.8. The van der Waals surface area contributed by atoms with E-state index >= 15 is 0 Å².